The van der Waals surface area contributed by atoms with Gasteiger partial charge >= 0.3 is 0 Å². The number of benzene rings is 7. The van der Waals surface area contributed by atoms with Gasteiger partial charge in [-0.2, -0.15) is 0 Å². The van der Waals surface area contributed by atoms with Crippen molar-refractivity contribution in [3.63, 3.8) is 0 Å². The van der Waals surface area contributed by atoms with E-state index < -0.39 is 0 Å². The molecule has 7 aromatic carbocycles. The van der Waals surface area contributed by atoms with E-state index in [4.69, 9.17) is 4.42 Å². The molecule has 3 heteroatoms. The zero-order valence-corrected chi connectivity index (χ0v) is 26.8. The molecule has 0 amide bonds. The van der Waals surface area contributed by atoms with Gasteiger partial charge in [0.1, 0.15) is 11.3 Å². The number of hydrogen-bond donors (Lipinski definition) is 0. The van der Waals surface area contributed by atoms with Gasteiger partial charge in [-0.25, -0.2) is 0 Å². The number of anilines is 2. The van der Waals surface area contributed by atoms with Crippen molar-refractivity contribution in [2.75, 3.05) is 4.90 Å². The Morgan fingerprint density at radius 3 is 1.86 bits per heavy atom. The Kier molecular flexibility index (Phi) is 6.31. The van der Waals surface area contributed by atoms with Crippen molar-refractivity contribution < 1.29 is 4.42 Å². The third-order valence-electron chi connectivity index (χ3n) is 10.1. The van der Waals surface area contributed by atoms with Gasteiger partial charge in [0, 0.05) is 45.2 Å². The molecule has 0 saturated carbocycles. The van der Waals surface area contributed by atoms with Crippen molar-refractivity contribution in [3.05, 3.63) is 181 Å². The van der Waals surface area contributed by atoms with E-state index in [1.165, 1.54) is 49.4 Å². The molecule has 2 heterocycles. The van der Waals surface area contributed by atoms with E-state index in [2.05, 4.69) is 185 Å². The van der Waals surface area contributed by atoms with Gasteiger partial charge in [-0.1, -0.05) is 127 Å². The van der Waals surface area contributed by atoms with E-state index in [1.54, 1.807) is 0 Å². The first-order valence-electron chi connectivity index (χ1n) is 16.9. The van der Waals surface area contributed by atoms with E-state index in [0.717, 1.165) is 40.1 Å². The summed E-state index contributed by atoms with van der Waals surface area (Å²) < 4.78 is 9.28. The van der Waals surface area contributed by atoms with E-state index in [9.17, 15) is 0 Å². The second-order valence-electron chi connectivity index (χ2n) is 12.9. The average Bonchev–Trinajstić information content (AvgIpc) is 3.71. The van der Waals surface area contributed by atoms with Crippen LogP contribution in [0.5, 0.6) is 0 Å². The monoisotopic (exact) mass is 628 g/mol. The summed E-state index contributed by atoms with van der Waals surface area (Å²) in [6.07, 6.45) is 3.12. The minimum absolute atomic E-state index is 0.0897. The Bertz CT molecular complexity index is 2640. The summed E-state index contributed by atoms with van der Waals surface area (Å²) in [6.45, 7) is 0. The zero-order chi connectivity index (χ0) is 32.3. The highest BCUT2D eigenvalue weighted by Crippen LogP contribution is 2.48. The predicted molar refractivity (Wildman–Crippen MR) is 205 cm³/mol. The zero-order valence-electron chi connectivity index (χ0n) is 26.8. The fourth-order valence-corrected chi connectivity index (χ4v) is 7.97. The molecule has 1 unspecified atom stereocenters. The third kappa shape index (κ3) is 4.43. The van der Waals surface area contributed by atoms with Crippen LogP contribution < -0.4 is 4.90 Å². The van der Waals surface area contributed by atoms with E-state index >= 15 is 0 Å². The smallest absolute Gasteiger partial charge is 0.135 e. The largest absolute Gasteiger partial charge is 0.458 e. The molecule has 1 aliphatic rings. The summed E-state index contributed by atoms with van der Waals surface area (Å²) in [5.41, 5.74) is 10.4. The number of nitrogens with zero attached hydrogens (tertiary/aromatic N) is 2. The van der Waals surface area contributed by atoms with Crippen LogP contribution in [0.15, 0.2) is 174 Å². The van der Waals surface area contributed by atoms with E-state index in [-0.39, 0.29) is 6.04 Å². The van der Waals surface area contributed by atoms with Crippen LogP contribution in [0, 0.1) is 0 Å². The van der Waals surface area contributed by atoms with Crippen LogP contribution >= 0.6 is 0 Å². The second-order valence-corrected chi connectivity index (χ2v) is 12.9. The molecule has 0 saturated heterocycles. The number of furan rings is 1. The standard InChI is InChI=1S/C46H32N2O/c1-2-15-33(16-3-1)47(34-27-25-32(26-28-34)37-21-12-14-31-13-4-5-17-36(31)37)44-30-35(29-41-40-20-8-11-24-45(40)49-46(41)44)48-42-22-9-6-18-38(42)39-19-7-10-23-43(39)48/h1-29,44H,30H2. The van der Waals surface area contributed by atoms with Crippen LogP contribution in [0.4, 0.5) is 11.4 Å². The highest BCUT2D eigenvalue weighted by Gasteiger charge is 2.34. The summed E-state index contributed by atoms with van der Waals surface area (Å²) in [5, 5.41) is 6.18. The maximum Gasteiger partial charge on any atom is 0.135 e. The first-order valence-corrected chi connectivity index (χ1v) is 16.9. The fourth-order valence-electron chi connectivity index (χ4n) is 7.97. The van der Waals surface area contributed by atoms with Crippen molar-refractivity contribution in [2.24, 2.45) is 0 Å². The molecule has 9 aromatic rings. The number of hydrogen-bond acceptors (Lipinski definition) is 2. The number of rotatable bonds is 5. The van der Waals surface area contributed by atoms with Gasteiger partial charge in [0.2, 0.25) is 0 Å². The van der Waals surface area contributed by atoms with Crippen molar-refractivity contribution in [3.8, 4) is 11.1 Å². The summed E-state index contributed by atoms with van der Waals surface area (Å²) in [6, 6.07) is 60.9. The minimum Gasteiger partial charge on any atom is -0.458 e. The van der Waals surface area contributed by atoms with Crippen LogP contribution in [0.2, 0.25) is 0 Å². The van der Waals surface area contributed by atoms with Crippen LogP contribution in [0.1, 0.15) is 23.8 Å². The van der Waals surface area contributed by atoms with Gasteiger partial charge in [-0.3, -0.25) is 0 Å². The SMILES string of the molecule is C1=C(n2c3ccccc3c3ccccc32)CC(N(c2ccccc2)c2ccc(-c3cccc4ccccc34)cc2)c2oc3ccccc3c21. The lowest BCUT2D eigenvalue weighted by Gasteiger charge is -2.36. The molecule has 232 valence electrons. The average molecular weight is 629 g/mol. The summed E-state index contributed by atoms with van der Waals surface area (Å²) >= 11 is 0. The normalized spacial score (nSPS) is 14.4. The molecule has 1 atom stereocenters. The van der Waals surface area contributed by atoms with Crippen LogP contribution in [0.3, 0.4) is 0 Å². The van der Waals surface area contributed by atoms with Gasteiger partial charge in [0.05, 0.1) is 17.1 Å². The molecule has 0 bridgehead atoms. The maximum atomic E-state index is 6.81. The van der Waals surface area contributed by atoms with Gasteiger partial charge in [0.15, 0.2) is 0 Å². The van der Waals surface area contributed by atoms with E-state index in [0.29, 0.717) is 0 Å². The summed E-state index contributed by atoms with van der Waals surface area (Å²) in [5.74, 6) is 0.993. The molecule has 0 N–H and O–H groups in total. The molecule has 0 fully saturated rings. The summed E-state index contributed by atoms with van der Waals surface area (Å²) in [4.78, 5) is 2.47. The van der Waals surface area contributed by atoms with Crippen molar-refractivity contribution in [1.82, 2.24) is 4.57 Å². The molecule has 0 radical (unpaired) electrons. The number of fused-ring (bicyclic) bond motifs is 7. The first kappa shape index (κ1) is 27.8. The molecule has 0 spiro atoms. The van der Waals surface area contributed by atoms with Crippen LogP contribution in [-0.2, 0) is 0 Å². The molecular formula is C46H32N2O. The van der Waals surface area contributed by atoms with Crippen molar-refractivity contribution in [1.29, 1.82) is 0 Å². The second kappa shape index (κ2) is 11.1. The number of para-hydroxylation sites is 4. The summed E-state index contributed by atoms with van der Waals surface area (Å²) in [7, 11) is 0. The highest BCUT2D eigenvalue weighted by molar-refractivity contribution is 6.11. The van der Waals surface area contributed by atoms with Gasteiger partial charge in [-0.15, -0.1) is 0 Å². The lowest BCUT2D eigenvalue weighted by Crippen LogP contribution is -2.26. The highest BCUT2D eigenvalue weighted by atomic mass is 16.3. The molecule has 3 nitrogen and oxygen atoms in total. The molecular weight excluding hydrogens is 597 g/mol. The Hall–Kier alpha value is -6.32. The topological polar surface area (TPSA) is 21.3 Å². The minimum atomic E-state index is -0.0897. The predicted octanol–water partition coefficient (Wildman–Crippen LogP) is 12.6. The van der Waals surface area contributed by atoms with Crippen LogP contribution in [-0.4, -0.2) is 4.57 Å². The van der Waals surface area contributed by atoms with Gasteiger partial charge < -0.3 is 13.9 Å². The lowest BCUT2D eigenvalue weighted by molar-refractivity contribution is 0.489. The van der Waals surface area contributed by atoms with E-state index in [1.807, 2.05) is 0 Å². The molecule has 1 aliphatic carbocycles. The Morgan fingerprint density at radius 1 is 0.510 bits per heavy atom. The molecule has 10 rings (SSSR count). The van der Waals surface area contributed by atoms with Crippen molar-refractivity contribution >= 4 is 66.7 Å². The van der Waals surface area contributed by atoms with Crippen molar-refractivity contribution in [2.45, 2.75) is 12.5 Å². The Labute approximate surface area is 284 Å². The van der Waals surface area contributed by atoms with Crippen LogP contribution in [0.25, 0.3) is 66.4 Å². The fraction of sp³-hybridized carbons (Fsp3) is 0.0435. The van der Waals surface area contributed by atoms with Gasteiger partial charge in [-0.05, 0) is 70.4 Å². The molecule has 49 heavy (non-hydrogen) atoms. The number of aromatic nitrogens is 1. The Morgan fingerprint density at radius 2 is 1.10 bits per heavy atom. The molecule has 0 aliphatic heterocycles. The third-order valence-corrected chi connectivity index (χ3v) is 10.1. The van der Waals surface area contributed by atoms with Gasteiger partial charge in [0.25, 0.3) is 0 Å². The first-order chi connectivity index (χ1) is 24.3. The maximum absolute atomic E-state index is 6.81. The lowest BCUT2D eigenvalue weighted by atomic mass is 9.92. The Balaban J connectivity index is 1.17. The quantitative estimate of drug-likeness (QED) is 0.189. The molecule has 2 aromatic heterocycles.